The van der Waals surface area contributed by atoms with Crippen LogP contribution in [-0.2, 0) is 14.8 Å². The summed E-state index contributed by atoms with van der Waals surface area (Å²) in [4.78, 5) is 12.1. The molecule has 2 rings (SSSR count). The lowest BCUT2D eigenvalue weighted by Gasteiger charge is -2.15. The zero-order valence-corrected chi connectivity index (χ0v) is 16.7. The van der Waals surface area contributed by atoms with E-state index in [4.69, 9.17) is 11.6 Å². The Kier molecular flexibility index (Phi) is 7.01. The van der Waals surface area contributed by atoms with E-state index in [2.05, 4.69) is 26.0 Å². The fourth-order valence-electron chi connectivity index (χ4n) is 2.17. The Morgan fingerprint density at radius 3 is 2.52 bits per heavy atom. The average Bonchev–Trinajstić information content (AvgIpc) is 2.55. The first-order chi connectivity index (χ1) is 11.8. The molecule has 1 unspecified atom stereocenters. The van der Waals surface area contributed by atoms with Crippen molar-refractivity contribution in [2.45, 2.75) is 24.3 Å². The van der Waals surface area contributed by atoms with Crippen LogP contribution in [0.4, 0.5) is 0 Å². The monoisotopic (exact) mass is 444 g/mol. The molecule has 0 spiro atoms. The largest absolute Gasteiger partial charge is 0.350 e. The Hall–Kier alpha value is -1.41. The summed E-state index contributed by atoms with van der Waals surface area (Å²) < 4.78 is 27.5. The minimum Gasteiger partial charge on any atom is -0.350 e. The number of hydrogen-bond donors (Lipinski definition) is 2. The Morgan fingerprint density at radius 2 is 1.88 bits per heavy atom. The molecule has 2 aromatic carbocycles. The first kappa shape index (κ1) is 19.9. The predicted molar refractivity (Wildman–Crippen MR) is 102 cm³/mol. The molecule has 0 aliphatic carbocycles. The molecule has 8 heteroatoms. The Bertz CT molecular complexity index is 841. The van der Waals surface area contributed by atoms with Crippen LogP contribution < -0.4 is 10.0 Å². The maximum absolute atomic E-state index is 12.1. The minimum absolute atomic E-state index is 0.0203. The molecule has 2 aromatic rings. The van der Waals surface area contributed by atoms with Crippen LogP contribution in [0.5, 0.6) is 0 Å². The number of amides is 1. The van der Waals surface area contributed by atoms with Crippen LogP contribution in [0.3, 0.4) is 0 Å². The number of rotatable bonds is 7. The van der Waals surface area contributed by atoms with Crippen molar-refractivity contribution in [1.82, 2.24) is 10.0 Å². The third kappa shape index (κ3) is 6.11. The SMILES string of the molecule is CC(NC(=O)CCNS(=O)(=O)c1ccc(Br)cc1)c1cccc(Cl)c1. The number of hydrogen-bond acceptors (Lipinski definition) is 3. The van der Waals surface area contributed by atoms with Crippen LogP contribution in [0.1, 0.15) is 24.9 Å². The van der Waals surface area contributed by atoms with Crippen LogP contribution in [0, 0.1) is 0 Å². The van der Waals surface area contributed by atoms with E-state index in [1.165, 1.54) is 12.1 Å². The lowest BCUT2D eigenvalue weighted by molar-refractivity contribution is -0.121. The molecule has 1 atom stereocenters. The van der Waals surface area contributed by atoms with Gasteiger partial charge < -0.3 is 5.32 Å². The number of carbonyl (C=O) groups excluding carboxylic acids is 1. The maximum Gasteiger partial charge on any atom is 0.240 e. The fraction of sp³-hybridized carbons (Fsp3) is 0.235. The molecular formula is C17H18BrClN2O3S. The van der Waals surface area contributed by atoms with Crippen molar-refractivity contribution >= 4 is 43.5 Å². The van der Waals surface area contributed by atoms with Gasteiger partial charge in [0.25, 0.3) is 0 Å². The highest BCUT2D eigenvalue weighted by Gasteiger charge is 2.15. The lowest BCUT2D eigenvalue weighted by Crippen LogP contribution is -2.32. The van der Waals surface area contributed by atoms with E-state index in [0.717, 1.165) is 10.0 Å². The molecule has 0 aromatic heterocycles. The summed E-state index contributed by atoms with van der Waals surface area (Å²) in [6, 6.07) is 13.3. The van der Waals surface area contributed by atoms with Gasteiger partial charge in [-0.15, -0.1) is 0 Å². The van der Waals surface area contributed by atoms with Crippen molar-refractivity contribution in [1.29, 1.82) is 0 Å². The molecule has 0 saturated carbocycles. The predicted octanol–water partition coefficient (Wildman–Crippen LogP) is 3.65. The summed E-state index contributed by atoms with van der Waals surface area (Å²) in [5.74, 6) is -0.244. The minimum atomic E-state index is -3.63. The van der Waals surface area contributed by atoms with Crippen LogP contribution in [0.15, 0.2) is 57.9 Å². The zero-order valence-electron chi connectivity index (χ0n) is 13.5. The standard InChI is InChI=1S/C17H18BrClN2O3S/c1-12(13-3-2-4-15(19)11-13)21-17(22)9-10-20-25(23,24)16-7-5-14(18)6-8-16/h2-8,11-12,20H,9-10H2,1H3,(H,21,22). The van der Waals surface area contributed by atoms with E-state index < -0.39 is 10.0 Å². The molecule has 2 N–H and O–H groups in total. The molecule has 0 radical (unpaired) electrons. The van der Waals surface area contributed by atoms with Crippen LogP contribution in [0.25, 0.3) is 0 Å². The van der Waals surface area contributed by atoms with E-state index in [9.17, 15) is 13.2 Å². The molecule has 134 valence electrons. The third-order valence-electron chi connectivity index (χ3n) is 3.49. The molecular weight excluding hydrogens is 428 g/mol. The van der Waals surface area contributed by atoms with Crippen molar-refractivity contribution in [3.05, 3.63) is 63.6 Å². The van der Waals surface area contributed by atoms with Gasteiger partial charge in [0, 0.05) is 22.5 Å². The van der Waals surface area contributed by atoms with Crippen LogP contribution in [0.2, 0.25) is 5.02 Å². The van der Waals surface area contributed by atoms with Gasteiger partial charge in [-0.1, -0.05) is 39.7 Å². The normalized spacial score (nSPS) is 12.6. The first-order valence-electron chi connectivity index (χ1n) is 7.58. The summed E-state index contributed by atoms with van der Waals surface area (Å²) in [6.45, 7) is 1.86. The summed E-state index contributed by atoms with van der Waals surface area (Å²) in [6.07, 6.45) is 0.0423. The average molecular weight is 446 g/mol. The van der Waals surface area contributed by atoms with E-state index in [1.807, 2.05) is 19.1 Å². The number of benzene rings is 2. The maximum atomic E-state index is 12.1. The number of carbonyl (C=O) groups is 1. The van der Waals surface area contributed by atoms with E-state index in [1.54, 1.807) is 24.3 Å². The fourth-order valence-corrected chi connectivity index (χ4v) is 3.66. The first-order valence-corrected chi connectivity index (χ1v) is 10.2. The second kappa shape index (κ2) is 8.80. The molecule has 1 amide bonds. The molecule has 0 bridgehead atoms. The highest BCUT2D eigenvalue weighted by atomic mass is 79.9. The smallest absolute Gasteiger partial charge is 0.240 e. The lowest BCUT2D eigenvalue weighted by atomic mass is 10.1. The van der Waals surface area contributed by atoms with Gasteiger partial charge in [0.1, 0.15) is 0 Å². The molecule has 0 aliphatic heterocycles. The van der Waals surface area contributed by atoms with E-state index in [-0.39, 0.29) is 29.8 Å². The quantitative estimate of drug-likeness (QED) is 0.683. The van der Waals surface area contributed by atoms with Gasteiger partial charge >= 0.3 is 0 Å². The van der Waals surface area contributed by atoms with Crippen molar-refractivity contribution in [3.63, 3.8) is 0 Å². The zero-order chi connectivity index (χ0) is 18.4. The van der Waals surface area contributed by atoms with Gasteiger partial charge in [-0.2, -0.15) is 0 Å². The summed E-state index contributed by atoms with van der Waals surface area (Å²) >= 11 is 9.19. The number of halogens is 2. The van der Waals surface area contributed by atoms with Crippen molar-refractivity contribution in [2.24, 2.45) is 0 Å². The van der Waals surface area contributed by atoms with Gasteiger partial charge in [-0.05, 0) is 48.9 Å². The molecule has 0 heterocycles. The van der Waals surface area contributed by atoms with Crippen LogP contribution in [-0.4, -0.2) is 20.9 Å². The van der Waals surface area contributed by atoms with Gasteiger partial charge in [0.15, 0.2) is 0 Å². The van der Waals surface area contributed by atoms with Crippen LogP contribution >= 0.6 is 27.5 Å². The van der Waals surface area contributed by atoms with Crippen molar-refractivity contribution < 1.29 is 13.2 Å². The third-order valence-corrected chi connectivity index (χ3v) is 5.73. The molecule has 0 aliphatic rings. The highest BCUT2D eigenvalue weighted by molar-refractivity contribution is 9.10. The second-order valence-corrected chi connectivity index (χ2v) is 8.56. The summed E-state index contributed by atoms with van der Waals surface area (Å²) in [5.41, 5.74) is 0.885. The van der Waals surface area contributed by atoms with Gasteiger partial charge in [0.05, 0.1) is 10.9 Å². The van der Waals surface area contributed by atoms with Gasteiger partial charge in [-0.3, -0.25) is 4.79 Å². The van der Waals surface area contributed by atoms with Gasteiger partial charge in [0.2, 0.25) is 15.9 Å². The topological polar surface area (TPSA) is 75.3 Å². The van der Waals surface area contributed by atoms with E-state index >= 15 is 0 Å². The van der Waals surface area contributed by atoms with Crippen molar-refractivity contribution in [2.75, 3.05) is 6.54 Å². The Balaban J connectivity index is 1.84. The summed E-state index contributed by atoms with van der Waals surface area (Å²) in [7, 11) is -3.63. The highest BCUT2D eigenvalue weighted by Crippen LogP contribution is 2.17. The second-order valence-electron chi connectivity index (χ2n) is 5.45. The molecule has 5 nitrogen and oxygen atoms in total. The summed E-state index contributed by atoms with van der Waals surface area (Å²) in [5, 5.41) is 3.42. The molecule has 25 heavy (non-hydrogen) atoms. The van der Waals surface area contributed by atoms with E-state index in [0.29, 0.717) is 5.02 Å². The number of sulfonamides is 1. The Labute approximate surface area is 161 Å². The molecule has 0 fully saturated rings. The molecule has 0 saturated heterocycles. The van der Waals surface area contributed by atoms with Gasteiger partial charge in [-0.25, -0.2) is 13.1 Å². The number of nitrogens with one attached hydrogen (secondary N) is 2. The Morgan fingerprint density at radius 1 is 1.20 bits per heavy atom. The van der Waals surface area contributed by atoms with Crippen molar-refractivity contribution in [3.8, 4) is 0 Å².